The maximum atomic E-state index is 13.1. The average Bonchev–Trinajstić information content (AvgIpc) is 3.20. The number of hydrogen-bond donors (Lipinski definition) is 3. The zero-order valence-electron chi connectivity index (χ0n) is 18.8. The van der Waals surface area contributed by atoms with E-state index in [0.29, 0.717) is 30.1 Å². The number of nitrogens with zero attached hydrogens (tertiary/aromatic N) is 3. The van der Waals surface area contributed by atoms with Crippen LogP contribution in [0.4, 0.5) is 5.69 Å². The number of fused-ring (bicyclic) bond motifs is 1. The predicted molar refractivity (Wildman–Crippen MR) is 120 cm³/mol. The Morgan fingerprint density at radius 3 is 2.75 bits per heavy atom. The molecule has 0 fully saturated rings. The van der Waals surface area contributed by atoms with E-state index >= 15 is 0 Å². The van der Waals surface area contributed by atoms with Crippen molar-refractivity contribution in [2.24, 2.45) is 13.0 Å². The lowest BCUT2D eigenvalue weighted by molar-refractivity contribution is -0.134. The minimum atomic E-state index is -3.87. The summed E-state index contributed by atoms with van der Waals surface area (Å²) in [6.07, 6.45) is 2.63. The molecular weight excluding hydrogens is 434 g/mol. The van der Waals surface area contributed by atoms with Crippen molar-refractivity contribution in [2.75, 3.05) is 31.5 Å². The normalized spacial score (nSPS) is 20.5. The molecule has 1 aliphatic rings. The topological polar surface area (TPSA) is 126 Å². The molecule has 0 saturated heterocycles. The lowest BCUT2D eigenvalue weighted by atomic mass is 10.0. The van der Waals surface area contributed by atoms with Crippen molar-refractivity contribution in [1.29, 1.82) is 0 Å². The molecule has 176 valence electrons. The molecular formula is C21H31N5O5S. The van der Waals surface area contributed by atoms with Crippen LogP contribution in [0.25, 0.3) is 0 Å². The van der Waals surface area contributed by atoms with Crippen LogP contribution in [-0.2, 0) is 28.3 Å². The molecule has 2 aromatic rings. The quantitative estimate of drug-likeness (QED) is 0.546. The molecule has 1 aromatic heterocycles. The van der Waals surface area contributed by atoms with Crippen molar-refractivity contribution in [3.05, 3.63) is 36.3 Å². The number of amides is 1. The first-order chi connectivity index (χ1) is 15.1. The van der Waals surface area contributed by atoms with Crippen molar-refractivity contribution in [2.45, 2.75) is 37.4 Å². The number of anilines is 1. The molecule has 3 rings (SSSR count). The van der Waals surface area contributed by atoms with Gasteiger partial charge in [0.05, 0.1) is 25.4 Å². The fourth-order valence-electron chi connectivity index (χ4n) is 3.67. The lowest BCUT2D eigenvalue weighted by Crippen LogP contribution is -2.47. The number of nitrogens with one attached hydrogen (secondary N) is 2. The van der Waals surface area contributed by atoms with Crippen molar-refractivity contribution in [3.8, 4) is 5.75 Å². The third kappa shape index (κ3) is 5.40. The van der Waals surface area contributed by atoms with E-state index in [0.717, 1.165) is 0 Å². The first kappa shape index (κ1) is 24.0. The van der Waals surface area contributed by atoms with Crippen LogP contribution >= 0.6 is 0 Å². The van der Waals surface area contributed by atoms with Gasteiger partial charge in [-0.1, -0.05) is 6.92 Å². The number of likely N-dealkylation sites (N-methyl/N-ethyl adjacent to an activating group) is 1. The third-order valence-electron chi connectivity index (χ3n) is 5.53. The summed E-state index contributed by atoms with van der Waals surface area (Å²) in [6.45, 7) is 4.68. The third-order valence-corrected chi connectivity index (χ3v) is 6.80. The summed E-state index contributed by atoms with van der Waals surface area (Å²) in [7, 11) is -0.356. The fraction of sp³-hybridized carbons (Fsp3) is 0.524. The number of sulfonamides is 1. The number of hydrogen-bond acceptors (Lipinski definition) is 7. The first-order valence-corrected chi connectivity index (χ1v) is 12.0. The Labute approximate surface area is 188 Å². The molecule has 1 aliphatic heterocycles. The number of aryl methyl sites for hydroxylation is 1. The van der Waals surface area contributed by atoms with Gasteiger partial charge < -0.3 is 24.6 Å². The molecule has 32 heavy (non-hydrogen) atoms. The van der Waals surface area contributed by atoms with Crippen LogP contribution in [0.15, 0.2) is 35.7 Å². The Kier molecular flexibility index (Phi) is 7.42. The van der Waals surface area contributed by atoms with Crippen LogP contribution in [0.2, 0.25) is 0 Å². The number of carbonyl (C=O) groups excluding carboxylic acids is 1. The highest BCUT2D eigenvalue weighted by molar-refractivity contribution is 7.92. The van der Waals surface area contributed by atoms with Gasteiger partial charge in [-0.15, -0.1) is 0 Å². The molecule has 1 amide bonds. The van der Waals surface area contributed by atoms with Crippen molar-refractivity contribution in [1.82, 2.24) is 19.8 Å². The van der Waals surface area contributed by atoms with E-state index in [4.69, 9.17) is 4.74 Å². The van der Waals surface area contributed by atoms with Gasteiger partial charge in [0.25, 0.3) is 10.0 Å². The van der Waals surface area contributed by atoms with Crippen molar-refractivity contribution < 1.29 is 23.1 Å². The largest absolute Gasteiger partial charge is 0.488 e. The van der Waals surface area contributed by atoms with E-state index in [1.54, 1.807) is 41.6 Å². The fourth-order valence-corrected chi connectivity index (χ4v) is 4.71. The Morgan fingerprint density at radius 1 is 1.38 bits per heavy atom. The van der Waals surface area contributed by atoms with Gasteiger partial charge in [-0.2, -0.15) is 8.42 Å². The van der Waals surface area contributed by atoms with E-state index in [1.165, 1.54) is 12.5 Å². The molecule has 0 radical (unpaired) electrons. The summed E-state index contributed by atoms with van der Waals surface area (Å²) < 4.78 is 35.6. The van der Waals surface area contributed by atoms with Crippen molar-refractivity contribution in [3.63, 3.8) is 0 Å². The van der Waals surface area contributed by atoms with Gasteiger partial charge in [-0.25, -0.2) is 4.98 Å². The summed E-state index contributed by atoms with van der Waals surface area (Å²) in [5.74, 6) is 0.386. The van der Waals surface area contributed by atoms with E-state index in [-0.39, 0.29) is 42.0 Å². The summed E-state index contributed by atoms with van der Waals surface area (Å²) in [5, 5.41) is 12.7. The highest BCUT2D eigenvalue weighted by atomic mass is 32.2. The van der Waals surface area contributed by atoms with Gasteiger partial charge in [0.2, 0.25) is 5.91 Å². The van der Waals surface area contributed by atoms with Gasteiger partial charge in [-0.05, 0) is 32.2 Å². The van der Waals surface area contributed by atoms with Gasteiger partial charge in [0.1, 0.15) is 11.9 Å². The number of aliphatic hydroxyl groups is 1. The van der Waals surface area contributed by atoms with Crippen LogP contribution in [0.3, 0.4) is 0 Å². The summed E-state index contributed by atoms with van der Waals surface area (Å²) in [6, 6.07) is 4.56. The first-order valence-electron chi connectivity index (χ1n) is 10.5. The molecule has 0 spiro atoms. The SMILES string of the molecule is CNC[C@H]1Oc2ccc(NS(=O)(=O)c3cn(C)cn3)cc2CC(=O)N([C@H](C)CO)C[C@@H]1C. The zero-order valence-corrected chi connectivity index (χ0v) is 19.6. The average molecular weight is 466 g/mol. The second-order valence-electron chi connectivity index (χ2n) is 8.25. The Bertz CT molecular complexity index is 1050. The monoisotopic (exact) mass is 465 g/mol. The second-order valence-corrected chi connectivity index (χ2v) is 9.88. The molecule has 2 heterocycles. The number of imidazole rings is 1. The number of ether oxygens (including phenoxy) is 1. The Morgan fingerprint density at radius 2 is 2.12 bits per heavy atom. The van der Waals surface area contributed by atoms with E-state index in [9.17, 15) is 18.3 Å². The van der Waals surface area contributed by atoms with E-state index in [1.807, 2.05) is 14.0 Å². The summed E-state index contributed by atoms with van der Waals surface area (Å²) in [5.41, 5.74) is 0.881. The highest BCUT2D eigenvalue weighted by Gasteiger charge is 2.30. The van der Waals surface area contributed by atoms with Crippen LogP contribution in [0, 0.1) is 5.92 Å². The number of rotatable bonds is 7. The molecule has 0 aliphatic carbocycles. The Hall–Kier alpha value is -2.63. The zero-order chi connectivity index (χ0) is 23.5. The van der Waals surface area contributed by atoms with Crippen LogP contribution in [-0.4, -0.2) is 72.8 Å². The van der Waals surface area contributed by atoms with Crippen LogP contribution in [0.5, 0.6) is 5.75 Å². The smallest absolute Gasteiger partial charge is 0.280 e. The number of carbonyl (C=O) groups is 1. The molecule has 10 nitrogen and oxygen atoms in total. The maximum absolute atomic E-state index is 13.1. The molecule has 11 heteroatoms. The van der Waals surface area contributed by atoms with E-state index in [2.05, 4.69) is 15.0 Å². The molecule has 0 saturated carbocycles. The van der Waals surface area contributed by atoms with Gasteiger partial charge in [-0.3, -0.25) is 9.52 Å². The Balaban J connectivity index is 1.96. The van der Waals surface area contributed by atoms with Crippen LogP contribution in [0.1, 0.15) is 19.4 Å². The van der Waals surface area contributed by atoms with Crippen molar-refractivity contribution >= 4 is 21.6 Å². The minimum Gasteiger partial charge on any atom is -0.488 e. The van der Waals surface area contributed by atoms with Gasteiger partial charge in [0, 0.05) is 43.5 Å². The number of benzene rings is 1. The van der Waals surface area contributed by atoms with Gasteiger partial charge in [0.15, 0.2) is 5.03 Å². The molecule has 3 atom stereocenters. The molecule has 0 unspecified atom stereocenters. The number of aliphatic hydroxyl groups excluding tert-OH is 1. The molecule has 0 bridgehead atoms. The van der Waals surface area contributed by atoms with Crippen LogP contribution < -0.4 is 14.8 Å². The molecule has 1 aromatic carbocycles. The standard InChI is InChI=1S/C21H31N5O5S/c1-14-10-26(15(2)12-27)21(28)8-16-7-17(5-6-18(16)31-19(14)9-22-3)24-32(29,30)20-11-25(4)13-23-20/h5-7,11,13-15,19,22,24,27H,8-10,12H2,1-4H3/t14-,15+,19+/m0/s1. The predicted octanol–water partition coefficient (Wildman–Crippen LogP) is 0.589. The van der Waals surface area contributed by atoms with E-state index < -0.39 is 10.0 Å². The second kappa shape index (κ2) is 9.88. The highest BCUT2D eigenvalue weighted by Crippen LogP contribution is 2.29. The summed E-state index contributed by atoms with van der Waals surface area (Å²) in [4.78, 5) is 18.7. The maximum Gasteiger partial charge on any atom is 0.280 e. The van der Waals surface area contributed by atoms with Gasteiger partial charge >= 0.3 is 0 Å². The minimum absolute atomic E-state index is 0.00804. The lowest BCUT2D eigenvalue weighted by Gasteiger charge is -2.32. The summed E-state index contributed by atoms with van der Waals surface area (Å²) >= 11 is 0. The molecule has 3 N–H and O–H groups in total. The number of aromatic nitrogens is 2.